The van der Waals surface area contributed by atoms with Crippen molar-refractivity contribution in [1.29, 1.82) is 0 Å². The van der Waals surface area contributed by atoms with Crippen LogP contribution in [-0.2, 0) is 4.74 Å². The largest absolute Gasteiger partial charge is 0.377 e. The van der Waals surface area contributed by atoms with Crippen molar-refractivity contribution >= 4 is 0 Å². The van der Waals surface area contributed by atoms with Gasteiger partial charge in [0.15, 0.2) is 0 Å². The van der Waals surface area contributed by atoms with Crippen LogP contribution in [0.15, 0.2) is 12.2 Å². The Kier molecular flexibility index (Phi) is 4.46. The van der Waals surface area contributed by atoms with Crippen molar-refractivity contribution in [3.05, 3.63) is 12.2 Å². The molecule has 76 valence electrons. The van der Waals surface area contributed by atoms with E-state index in [1.165, 1.54) is 12.0 Å². The second kappa shape index (κ2) is 5.40. The van der Waals surface area contributed by atoms with E-state index in [4.69, 9.17) is 4.74 Å². The molecule has 1 unspecified atom stereocenters. The minimum absolute atomic E-state index is 0.346. The lowest BCUT2D eigenvalue weighted by Crippen LogP contribution is -2.27. The Hall–Kier alpha value is -0.340. The van der Waals surface area contributed by atoms with Crippen LogP contribution in [-0.4, -0.2) is 37.7 Å². The standard InChI is InChI=1S/C11H21NO/c1-10-5-4-6-12(3)7-8-13-11(2)9-10/h11H,1,4-9H2,2-3H3. The van der Waals surface area contributed by atoms with E-state index >= 15 is 0 Å². The summed E-state index contributed by atoms with van der Waals surface area (Å²) in [5.41, 5.74) is 1.34. The Bertz CT molecular complexity index is 167. The van der Waals surface area contributed by atoms with Crippen LogP contribution in [0.5, 0.6) is 0 Å². The van der Waals surface area contributed by atoms with Crippen LogP contribution in [0.4, 0.5) is 0 Å². The van der Waals surface area contributed by atoms with Crippen molar-refractivity contribution in [2.75, 3.05) is 26.7 Å². The normalized spacial score (nSPS) is 28.8. The van der Waals surface area contributed by atoms with Crippen LogP contribution >= 0.6 is 0 Å². The topological polar surface area (TPSA) is 12.5 Å². The van der Waals surface area contributed by atoms with Crippen molar-refractivity contribution in [1.82, 2.24) is 4.90 Å². The van der Waals surface area contributed by atoms with Gasteiger partial charge in [-0.15, -0.1) is 0 Å². The molecule has 0 aromatic rings. The number of nitrogens with zero attached hydrogens (tertiary/aromatic N) is 1. The van der Waals surface area contributed by atoms with E-state index in [-0.39, 0.29) is 0 Å². The zero-order valence-corrected chi connectivity index (χ0v) is 8.88. The fraction of sp³-hybridized carbons (Fsp3) is 0.818. The molecule has 0 aromatic carbocycles. The molecule has 1 aliphatic heterocycles. The fourth-order valence-electron chi connectivity index (χ4n) is 1.69. The van der Waals surface area contributed by atoms with Crippen molar-refractivity contribution in [2.45, 2.75) is 32.3 Å². The molecule has 2 heteroatoms. The highest BCUT2D eigenvalue weighted by Crippen LogP contribution is 2.13. The molecule has 0 aliphatic carbocycles. The summed E-state index contributed by atoms with van der Waals surface area (Å²) >= 11 is 0. The average molecular weight is 183 g/mol. The van der Waals surface area contributed by atoms with Gasteiger partial charge in [0.2, 0.25) is 0 Å². The molecule has 1 heterocycles. The first-order valence-corrected chi connectivity index (χ1v) is 5.15. The van der Waals surface area contributed by atoms with Gasteiger partial charge in [0.25, 0.3) is 0 Å². The highest BCUT2D eigenvalue weighted by atomic mass is 16.5. The molecule has 0 aromatic heterocycles. The van der Waals surface area contributed by atoms with Crippen LogP contribution < -0.4 is 0 Å². The van der Waals surface area contributed by atoms with Crippen LogP contribution in [0.3, 0.4) is 0 Å². The molecule has 0 amide bonds. The minimum Gasteiger partial charge on any atom is -0.377 e. The van der Waals surface area contributed by atoms with Crippen molar-refractivity contribution < 1.29 is 4.74 Å². The Morgan fingerprint density at radius 1 is 1.46 bits per heavy atom. The van der Waals surface area contributed by atoms with Gasteiger partial charge in [-0.2, -0.15) is 0 Å². The predicted octanol–water partition coefficient (Wildman–Crippen LogP) is 2.06. The summed E-state index contributed by atoms with van der Waals surface area (Å²) in [4.78, 5) is 2.32. The Morgan fingerprint density at radius 2 is 2.23 bits per heavy atom. The maximum atomic E-state index is 5.66. The Morgan fingerprint density at radius 3 is 3.00 bits per heavy atom. The molecule has 0 saturated carbocycles. The van der Waals surface area contributed by atoms with Gasteiger partial charge in [0, 0.05) is 6.54 Å². The van der Waals surface area contributed by atoms with Gasteiger partial charge in [0.1, 0.15) is 0 Å². The molecule has 1 saturated heterocycles. The quantitative estimate of drug-likeness (QED) is 0.533. The maximum Gasteiger partial charge on any atom is 0.0597 e. The van der Waals surface area contributed by atoms with Gasteiger partial charge in [-0.05, 0) is 39.8 Å². The summed E-state index contributed by atoms with van der Waals surface area (Å²) in [6.07, 6.45) is 3.77. The zero-order valence-electron chi connectivity index (χ0n) is 8.88. The molecule has 0 spiro atoms. The van der Waals surface area contributed by atoms with E-state index < -0.39 is 0 Å². The SMILES string of the molecule is C=C1CCCN(C)CCOC(C)C1. The first-order chi connectivity index (χ1) is 6.18. The third-order valence-electron chi connectivity index (χ3n) is 2.52. The lowest BCUT2D eigenvalue weighted by atomic mass is 10.1. The van der Waals surface area contributed by atoms with Gasteiger partial charge in [-0.1, -0.05) is 12.2 Å². The third kappa shape index (κ3) is 4.44. The van der Waals surface area contributed by atoms with Gasteiger partial charge in [-0.25, -0.2) is 0 Å². The van der Waals surface area contributed by atoms with Crippen molar-refractivity contribution in [3.63, 3.8) is 0 Å². The molecule has 1 aliphatic rings. The fourth-order valence-corrected chi connectivity index (χ4v) is 1.69. The maximum absolute atomic E-state index is 5.66. The van der Waals surface area contributed by atoms with Crippen LogP contribution in [0.25, 0.3) is 0 Å². The molecule has 1 fully saturated rings. The van der Waals surface area contributed by atoms with Gasteiger partial charge in [-0.3, -0.25) is 0 Å². The Labute approximate surface area is 81.6 Å². The molecule has 0 N–H and O–H groups in total. The van der Waals surface area contributed by atoms with Gasteiger partial charge in [0.05, 0.1) is 12.7 Å². The second-order valence-electron chi connectivity index (χ2n) is 4.04. The second-order valence-corrected chi connectivity index (χ2v) is 4.04. The van der Waals surface area contributed by atoms with E-state index in [0.29, 0.717) is 6.10 Å². The molecular weight excluding hydrogens is 162 g/mol. The van der Waals surface area contributed by atoms with Gasteiger partial charge >= 0.3 is 0 Å². The third-order valence-corrected chi connectivity index (χ3v) is 2.52. The van der Waals surface area contributed by atoms with E-state index in [0.717, 1.165) is 32.5 Å². The summed E-state index contributed by atoms with van der Waals surface area (Å²) in [5.74, 6) is 0. The highest BCUT2D eigenvalue weighted by Gasteiger charge is 2.08. The Balaban J connectivity index is 2.37. The molecule has 1 atom stereocenters. The molecule has 0 bridgehead atoms. The molecule has 13 heavy (non-hydrogen) atoms. The number of hydrogen-bond donors (Lipinski definition) is 0. The zero-order chi connectivity index (χ0) is 9.68. The number of rotatable bonds is 0. The smallest absolute Gasteiger partial charge is 0.0597 e. The number of hydrogen-bond acceptors (Lipinski definition) is 2. The number of ether oxygens (including phenoxy) is 1. The van der Waals surface area contributed by atoms with E-state index in [2.05, 4.69) is 25.5 Å². The summed E-state index contributed by atoms with van der Waals surface area (Å²) in [5, 5.41) is 0. The van der Waals surface area contributed by atoms with E-state index in [1.807, 2.05) is 0 Å². The summed E-state index contributed by atoms with van der Waals surface area (Å²) < 4.78 is 5.66. The monoisotopic (exact) mass is 183 g/mol. The molecule has 1 rings (SSSR count). The predicted molar refractivity (Wildman–Crippen MR) is 55.9 cm³/mol. The highest BCUT2D eigenvalue weighted by molar-refractivity contribution is 4.95. The van der Waals surface area contributed by atoms with Gasteiger partial charge < -0.3 is 9.64 Å². The molecule has 0 radical (unpaired) electrons. The summed E-state index contributed by atoms with van der Waals surface area (Å²) in [7, 11) is 2.15. The minimum atomic E-state index is 0.346. The summed E-state index contributed by atoms with van der Waals surface area (Å²) in [6.45, 7) is 9.26. The van der Waals surface area contributed by atoms with Crippen LogP contribution in [0.1, 0.15) is 26.2 Å². The molecule has 2 nitrogen and oxygen atoms in total. The first kappa shape index (κ1) is 10.7. The van der Waals surface area contributed by atoms with Crippen molar-refractivity contribution in [3.8, 4) is 0 Å². The average Bonchev–Trinajstić information content (AvgIpc) is 2.03. The first-order valence-electron chi connectivity index (χ1n) is 5.15. The number of likely N-dealkylation sites (N-methyl/N-ethyl adjacent to an activating group) is 1. The lowest BCUT2D eigenvalue weighted by molar-refractivity contribution is 0.0497. The van der Waals surface area contributed by atoms with E-state index in [9.17, 15) is 0 Å². The molecular formula is C11H21NO. The van der Waals surface area contributed by atoms with Crippen molar-refractivity contribution in [2.24, 2.45) is 0 Å². The van der Waals surface area contributed by atoms with E-state index in [1.54, 1.807) is 0 Å². The summed E-state index contributed by atoms with van der Waals surface area (Å²) in [6, 6.07) is 0. The van der Waals surface area contributed by atoms with Crippen LogP contribution in [0.2, 0.25) is 0 Å². The lowest BCUT2D eigenvalue weighted by Gasteiger charge is -2.22. The van der Waals surface area contributed by atoms with Crippen LogP contribution in [0, 0.1) is 0 Å².